The lowest BCUT2D eigenvalue weighted by Crippen LogP contribution is -2.08. The number of nitrogens with one attached hydrogen (secondary N) is 1. The van der Waals surface area contributed by atoms with Crippen molar-refractivity contribution in [2.75, 3.05) is 5.32 Å². The molecule has 0 radical (unpaired) electrons. The standard InChI is InChI=1S/C10H8N4O5/c15-10(16)6-1-2-7(14(17)18)9(13-6)12-5-8-11-3-4-19-8/h1-4H,5H2,(H,12,13)(H,15,16). The summed E-state index contributed by atoms with van der Waals surface area (Å²) < 4.78 is 4.95. The molecule has 0 fully saturated rings. The van der Waals surface area contributed by atoms with Gasteiger partial charge in [0, 0.05) is 6.07 Å². The van der Waals surface area contributed by atoms with Crippen molar-refractivity contribution < 1.29 is 19.2 Å². The highest BCUT2D eigenvalue weighted by Crippen LogP contribution is 2.22. The molecule has 0 atom stereocenters. The predicted molar refractivity (Wildman–Crippen MR) is 61.7 cm³/mol. The molecule has 0 saturated heterocycles. The second-order valence-electron chi connectivity index (χ2n) is 3.41. The molecule has 2 aromatic rings. The molecule has 0 aliphatic rings. The van der Waals surface area contributed by atoms with Crippen LogP contribution in [-0.4, -0.2) is 26.0 Å². The Bertz CT molecular complexity index is 610. The molecule has 9 nitrogen and oxygen atoms in total. The highest BCUT2D eigenvalue weighted by molar-refractivity contribution is 5.86. The Morgan fingerprint density at radius 2 is 2.32 bits per heavy atom. The lowest BCUT2D eigenvalue weighted by molar-refractivity contribution is -0.384. The Kier molecular flexibility index (Phi) is 3.37. The average molecular weight is 264 g/mol. The van der Waals surface area contributed by atoms with Crippen molar-refractivity contribution in [1.82, 2.24) is 9.97 Å². The lowest BCUT2D eigenvalue weighted by Gasteiger charge is -2.04. The molecule has 0 amide bonds. The SMILES string of the molecule is O=C(O)c1ccc([N+](=O)[O-])c(NCc2ncco2)n1. The van der Waals surface area contributed by atoms with Crippen LogP contribution in [0.4, 0.5) is 11.5 Å². The number of carbonyl (C=O) groups is 1. The maximum atomic E-state index is 10.8. The maximum absolute atomic E-state index is 10.8. The molecule has 98 valence electrons. The molecule has 0 bridgehead atoms. The third kappa shape index (κ3) is 2.83. The molecule has 0 aliphatic carbocycles. The summed E-state index contributed by atoms with van der Waals surface area (Å²) in [4.78, 5) is 28.4. The van der Waals surface area contributed by atoms with Gasteiger partial charge in [0.25, 0.3) is 0 Å². The first-order chi connectivity index (χ1) is 9.08. The van der Waals surface area contributed by atoms with Crippen LogP contribution in [0.15, 0.2) is 29.0 Å². The summed E-state index contributed by atoms with van der Waals surface area (Å²) in [5.41, 5.74) is -0.614. The fraction of sp³-hybridized carbons (Fsp3) is 0.100. The number of rotatable bonds is 5. The zero-order valence-corrected chi connectivity index (χ0v) is 9.44. The van der Waals surface area contributed by atoms with Crippen LogP contribution < -0.4 is 5.32 Å². The normalized spacial score (nSPS) is 10.1. The number of carboxylic acids is 1. The van der Waals surface area contributed by atoms with Gasteiger partial charge in [-0.1, -0.05) is 0 Å². The van der Waals surface area contributed by atoms with Gasteiger partial charge in [-0.3, -0.25) is 10.1 Å². The number of anilines is 1. The highest BCUT2D eigenvalue weighted by atomic mass is 16.6. The van der Waals surface area contributed by atoms with Gasteiger partial charge in [0.15, 0.2) is 5.69 Å². The summed E-state index contributed by atoms with van der Waals surface area (Å²) in [6.07, 6.45) is 2.78. The lowest BCUT2D eigenvalue weighted by atomic mass is 10.3. The van der Waals surface area contributed by atoms with E-state index in [1.807, 2.05) is 0 Å². The second-order valence-corrected chi connectivity index (χ2v) is 3.41. The Labute approximate surface area is 106 Å². The van der Waals surface area contributed by atoms with Crippen LogP contribution in [0.3, 0.4) is 0 Å². The number of nitro groups is 1. The van der Waals surface area contributed by atoms with Gasteiger partial charge in [0.05, 0.1) is 17.7 Å². The van der Waals surface area contributed by atoms with Crippen molar-refractivity contribution in [2.24, 2.45) is 0 Å². The van der Waals surface area contributed by atoms with Gasteiger partial charge >= 0.3 is 11.7 Å². The number of hydrogen-bond donors (Lipinski definition) is 2. The summed E-state index contributed by atoms with van der Waals surface area (Å²) >= 11 is 0. The van der Waals surface area contributed by atoms with Crippen molar-refractivity contribution in [2.45, 2.75) is 6.54 Å². The van der Waals surface area contributed by atoms with Crippen LogP contribution in [-0.2, 0) is 6.54 Å². The number of aromatic carboxylic acids is 1. The Morgan fingerprint density at radius 1 is 1.53 bits per heavy atom. The minimum atomic E-state index is -1.27. The molecule has 0 aliphatic heterocycles. The van der Waals surface area contributed by atoms with Crippen molar-refractivity contribution in [3.8, 4) is 0 Å². The highest BCUT2D eigenvalue weighted by Gasteiger charge is 2.18. The third-order valence-corrected chi connectivity index (χ3v) is 2.18. The topological polar surface area (TPSA) is 131 Å². The predicted octanol–water partition coefficient (Wildman–Crippen LogP) is 1.29. The van der Waals surface area contributed by atoms with Crippen LogP contribution >= 0.6 is 0 Å². The number of aromatic nitrogens is 2. The van der Waals surface area contributed by atoms with E-state index in [-0.39, 0.29) is 23.7 Å². The van der Waals surface area contributed by atoms with Crippen molar-refractivity contribution in [3.05, 3.63) is 46.3 Å². The molecule has 2 N–H and O–H groups in total. The maximum Gasteiger partial charge on any atom is 0.354 e. The quantitative estimate of drug-likeness (QED) is 0.609. The minimum Gasteiger partial charge on any atom is -0.477 e. The second kappa shape index (κ2) is 5.12. The van der Waals surface area contributed by atoms with Crippen LogP contribution in [0.1, 0.15) is 16.4 Å². The van der Waals surface area contributed by atoms with Crippen molar-refractivity contribution >= 4 is 17.5 Å². The van der Waals surface area contributed by atoms with Gasteiger partial charge in [-0.2, -0.15) is 0 Å². The first-order valence-corrected chi connectivity index (χ1v) is 5.09. The molecule has 2 aromatic heterocycles. The Hall–Kier alpha value is -2.97. The van der Waals surface area contributed by atoms with Gasteiger partial charge in [-0.05, 0) is 6.07 Å². The van der Waals surface area contributed by atoms with Crippen molar-refractivity contribution in [1.29, 1.82) is 0 Å². The largest absolute Gasteiger partial charge is 0.477 e. The van der Waals surface area contributed by atoms with E-state index in [4.69, 9.17) is 9.52 Å². The smallest absolute Gasteiger partial charge is 0.354 e. The molecule has 0 spiro atoms. The zero-order chi connectivity index (χ0) is 13.8. The molecular formula is C10H8N4O5. The van der Waals surface area contributed by atoms with Crippen LogP contribution in [0, 0.1) is 10.1 Å². The van der Waals surface area contributed by atoms with E-state index in [1.54, 1.807) is 0 Å². The van der Waals surface area contributed by atoms with E-state index in [0.29, 0.717) is 5.89 Å². The Balaban J connectivity index is 2.27. The Morgan fingerprint density at radius 3 is 2.89 bits per heavy atom. The molecule has 0 saturated carbocycles. The molecule has 0 unspecified atom stereocenters. The molecular weight excluding hydrogens is 256 g/mol. The van der Waals surface area contributed by atoms with E-state index in [1.165, 1.54) is 12.5 Å². The van der Waals surface area contributed by atoms with E-state index < -0.39 is 10.9 Å². The van der Waals surface area contributed by atoms with E-state index in [2.05, 4.69) is 15.3 Å². The number of nitrogens with zero attached hydrogens (tertiary/aromatic N) is 3. The van der Waals surface area contributed by atoms with Crippen LogP contribution in [0.25, 0.3) is 0 Å². The number of pyridine rings is 1. The number of carboxylic acid groups (broad SMARTS) is 1. The monoisotopic (exact) mass is 264 g/mol. The third-order valence-electron chi connectivity index (χ3n) is 2.18. The number of hydrogen-bond acceptors (Lipinski definition) is 7. The summed E-state index contributed by atoms with van der Waals surface area (Å²) in [5.74, 6) is -1.12. The van der Waals surface area contributed by atoms with Gasteiger partial charge in [-0.25, -0.2) is 14.8 Å². The fourth-order valence-electron chi connectivity index (χ4n) is 1.35. The summed E-state index contributed by atoms with van der Waals surface area (Å²) in [7, 11) is 0. The van der Waals surface area contributed by atoms with E-state index in [0.717, 1.165) is 12.1 Å². The molecule has 0 aromatic carbocycles. The average Bonchev–Trinajstić information content (AvgIpc) is 2.88. The van der Waals surface area contributed by atoms with Crippen LogP contribution in [0.2, 0.25) is 0 Å². The minimum absolute atomic E-state index is 0.0594. The van der Waals surface area contributed by atoms with Crippen molar-refractivity contribution in [3.63, 3.8) is 0 Å². The van der Waals surface area contributed by atoms with Gasteiger partial charge < -0.3 is 14.8 Å². The van der Waals surface area contributed by atoms with Gasteiger partial charge in [0.1, 0.15) is 6.26 Å². The molecule has 19 heavy (non-hydrogen) atoms. The first-order valence-electron chi connectivity index (χ1n) is 5.09. The van der Waals surface area contributed by atoms with Gasteiger partial charge in [-0.15, -0.1) is 0 Å². The fourth-order valence-corrected chi connectivity index (χ4v) is 1.35. The summed E-state index contributed by atoms with van der Waals surface area (Å²) in [6, 6.07) is 2.14. The molecule has 2 heterocycles. The van der Waals surface area contributed by atoms with E-state index >= 15 is 0 Å². The summed E-state index contributed by atoms with van der Waals surface area (Å²) in [6.45, 7) is 0.0594. The number of oxazole rings is 1. The van der Waals surface area contributed by atoms with Crippen LogP contribution in [0.5, 0.6) is 0 Å². The van der Waals surface area contributed by atoms with E-state index in [9.17, 15) is 14.9 Å². The molecule has 9 heteroatoms. The zero-order valence-electron chi connectivity index (χ0n) is 9.44. The summed E-state index contributed by atoms with van der Waals surface area (Å²) in [5, 5.41) is 22.2. The molecule has 2 rings (SSSR count). The van der Waals surface area contributed by atoms with Gasteiger partial charge in [0.2, 0.25) is 11.7 Å². The first kappa shape index (κ1) is 12.5.